The first kappa shape index (κ1) is 20.9. The van der Waals surface area contributed by atoms with Crippen molar-refractivity contribution in [2.24, 2.45) is 5.92 Å². The summed E-state index contributed by atoms with van der Waals surface area (Å²) in [4.78, 5) is 19.6. The van der Waals surface area contributed by atoms with Gasteiger partial charge in [-0.05, 0) is 55.5 Å². The van der Waals surface area contributed by atoms with Crippen LogP contribution in [0.3, 0.4) is 0 Å². The first-order valence-electron chi connectivity index (χ1n) is 10.9. The second-order valence-corrected chi connectivity index (χ2v) is 8.68. The average Bonchev–Trinajstić information content (AvgIpc) is 2.78. The Kier molecular flexibility index (Phi) is 5.90. The molecule has 0 aliphatic carbocycles. The molecule has 1 aromatic heterocycles. The molecule has 0 saturated carbocycles. The van der Waals surface area contributed by atoms with E-state index in [-0.39, 0.29) is 11.8 Å². The summed E-state index contributed by atoms with van der Waals surface area (Å²) in [7, 11) is 0. The van der Waals surface area contributed by atoms with Gasteiger partial charge in [0.15, 0.2) is 0 Å². The largest absolute Gasteiger partial charge is 0.370 e. The quantitative estimate of drug-likeness (QED) is 0.623. The molecule has 4 rings (SSSR count). The first-order chi connectivity index (χ1) is 15.0. The van der Waals surface area contributed by atoms with Crippen molar-refractivity contribution in [2.45, 2.75) is 39.5 Å². The van der Waals surface area contributed by atoms with Crippen LogP contribution in [0, 0.1) is 24.2 Å². The van der Waals surface area contributed by atoms with Crippen molar-refractivity contribution in [1.82, 2.24) is 4.98 Å². The number of amides is 1. The van der Waals surface area contributed by atoms with E-state index in [1.807, 2.05) is 31.2 Å². The maximum atomic E-state index is 12.9. The zero-order chi connectivity index (χ0) is 22.0. The third kappa shape index (κ3) is 4.39. The molecule has 3 aromatic rings. The van der Waals surface area contributed by atoms with Gasteiger partial charge in [-0.1, -0.05) is 37.6 Å². The van der Waals surface area contributed by atoms with E-state index in [4.69, 9.17) is 0 Å². The summed E-state index contributed by atoms with van der Waals surface area (Å²) < 4.78 is 0. The van der Waals surface area contributed by atoms with E-state index in [1.54, 1.807) is 6.20 Å². The SMILES string of the molecule is Cc1ccc2ncc(C#N)c(N3CCC(C(=O)Nc4cccc(C(C)C)c4)CC3)c2c1. The Bertz CT molecular complexity index is 1150. The number of carbonyl (C=O) groups excluding carboxylic acids is 1. The van der Waals surface area contributed by atoms with Crippen molar-refractivity contribution < 1.29 is 4.79 Å². The van der Waals surface area contributed by atoms with Crippen LogP contribution in [-0.2, 0) is 4.79 Å². The lowest BCUT2D eigenvalue weighted by atomic mass is 9.94. The van der Waals surface area contributed by atoms with E-state index >= 15 is 0 Å². The number of benzene rings is 2. The lowest BCUT2D eigenvalue weighted by Crippen LogP contribution is -2.38. The highest BCUT2D eigenvalue weighted by Gasteiger charge is 2.27. The van der Waals surface area contributed by atoms with Crippen molar-refractivity contribution in [2.75, 3.05) is 23.3 Å². The number of aryl methyl sites for hydroxylation is 1. The topological polar surface area (TPSA) is 69.0 Å². The molecule has 2 heterocycles. The summed E-state index contributed by atoms with van der Waals surface area (Å²) in [5.74, 6) is 0.476. The van der Waals surface area contributed by atoms with Gasteiger partial charge in [-0.25, -0.2) is 0 Å². The lowest BCUT2D eigenvalue weighted by molar-refractivity contribution is -0.120. The Balaban J connectivity index is 1.49. The maximum Gasteiger partial charge on any atom is 0.227 e. The van der Waals surface area contributed by atoms with Crippen LogP contribution in [0.15, 0.2) is 48.7 Å². The molecule has 0 radical (unpaired) electrons. The number of carbonyl (C=O) groups is 1. The summed E-state index contributed by atoms with van der Waals surface area (Å²) in [6.07, 6.45) is 3.18. The van der Waals surface area contributed by atoms with Gasteiger partial charge in [0.1, 0.15) is 6.07 Å². The third-order valence-electron chi connectivity index (χ3n) is 6.12. The first-order valence-corrected chi connectivity index (χ1v) is 10.9. The molecule has 31 heavy (non-hydrogen) atoms. The molecule has 5 nitrogen and oxygen atoms in total. The van der Waals surface area contributed by atoms with Gasteiger partial charge in [-0.2, -0.15) is 5.26 Å². The minimum atomic E-state index is -0.0284. The number of anilines is 2. The molecule has 1 N–H and O–H groups in total. The zero-order valence-corrected chi connectivity index (χ0v) is 18.4. The number of hydrogen-bond donors (Lipinski definition) is 1. The van der Waals surface area contributed by atoms with Gasteiger partial charge in [0.25, 0.3) is 0 Å². The van der Waals surface area contributed by atoms with Gasteiger partial charge in [0.2, 0.25) is 5.91 Å². The van der Waals surface area contributed by atoms with Crippen LogP contribution in [0.1, 0.15) is 49.3 Å². The molecule has 5 heteroatoms. The highest BCUT2D eigenvalue weighted by atomic mass is 16.1. The summed E-state index contributed by atoms with van der Waals surface area (Å²) >= 11 is 0. The van der Waals surface area contributed by atoms with E-state index in [1.165, 1.54) is 5.56 Å². The Morgan fingerprint density at radius 1 is 1.19 bits per heavy atom. The maximum absolute atomic E-state index is 12.9. The van der Waals surface area contributed by atoms with Crippen LogP contribution in [-0.4, -0.2) is 24.0 Å². The predicted molar refractivity (Wildman–Crippen MR) is 125 cm³/mol. The summed E-state index contributed by atoms with van der Waals surface area (Å²) in [5.41, 5.74) is 5.65. The highest BCUT2D eigenvalue weighted by molar-refractivity contribution is 5.96. The summed E-state index contributed by atoms with van der Waals surface area (Å²) in [6, 6.07) is 16.5. The van der Waals surface area contributed by atoms with Crippen molar-refractivity contribution in [3.05, 3.63) is 65.4 Å². The monoisotopic (exact) mass is 412 g/mol. The minimum absolute atomic E-state index is 0.0284. The van der Waals surface area contributed by atoms with E-state index < -0.39 is 0 Å². The number of hydrogen-bond acceptors (Lipinski definition) is 4. The van der Waals surface area contributed by atoms with Crippen molar-refractivity contribution in [1.29, 1.82) is 5.26 Å². The number of nitrogens with zero attached hydrogens (tertiary/aromatic N) is 3. The van der Waals surface area contributed by atoms with E-state index in [0.717, 1.165) is 53.8 Å². The van der Waals surface area contributed by atoms with Crippen LogP contribution in [0.25, 0.3) is 10.9 Å². The molecule has 1 aliphatic heterocycles. The van der Waals surface area contributed by atoms with Crippen LogP contribution < -0.4 is 10.2 Å². The van der Waals surface area contributed by atoms with Crippen LogP contribution in [0.2, 0.25) is 0 Å². The number of nitriles is 1. The number of aromatic nitrogens is 1. The number of fused-ring (bicyclic) bond motifs is 1. The fraction of sp³-hybridized carbons (Fsp3) is 0.346. The number of rotatable bonds is 4. The average molecular weight is 413 g/mol. The Morgan fingerprint density at radius 2 is 1.97 bits per heavy atom. The Morgan fingerprint density at radius 3 is 2.68 bits per heavy atom. The second-order valence-electron chi connectivity index (χ2n) is 8.68. The fourth-order valence-corrected chi connectivity index (χ4v) is 4.30. The highest BCUT2D eigenvalue weighted by Crippen LogP contribution is 2.33. The van der Waals surface area contributed by atoms with Crippen molar-refractivity contribution in [3.63, 3.8) is 0 Å². The molecule has 2 aromatic carbocycles. The number of nitrogens with one attached hydrogen (secondary N) is 1. The third-order valence-corrected chi connectivity index (χ3v) is 6.12. The normalized spacial score (nSPS) is 14.6. The zero-order valence-electron chi connectivity index (χ0n) is 18.4. The van der Waals surface area contributed by atoms with Crippen molar-refractivity contribution >= 4 is 28.2 Å². The van der Waals surface area contributed by atoms with Gasteiger partial charge in [0.05, 0.1) is 16.8 Å². The lowest BCUT2D eigenvalue weighted by Gasteiger charge is -2.34. The number of pyridine rings is 1. The fourth-order valence-electron chi connectivity index (χ4n) is 4.30. The van der Waals surface area contributed by atoms with Gasteiger partial charge >= 0.3 is 0 Å². The molecule has 0 spiro atoms. The van der Waals surface area contributed by atoms with Crippen molar-refractivity contribution in [3.8, 4) is 6.07 Å². The molecule has 1 saturated heterocycles. The van der Waals surface area contributed by atoms with Crippen LogP contribution in [0.5, 0.6) is 0 Å². The van der Waals surface area contributed by atoms with Crippen LogP contribution >= 0.6 is 0 Å². The van der Waals surface area contributed by atoms with Gasteiger partial charge in [-0.3, -0.25) is 9.78 Å². The molecule has 0 atom stereocenters. The standard InChI is InChI=1S/C26H28N4O/c1-17(2)20-5-4-6-22(14-20)29-26(31)19-9-11-30(12-10-19)25-21(15-27)16-28-24-8-7-18(3)13-23(24)25/h4-8,13-14,16-17,19H,9-12H2,1-3H3,(H,29,31). The van der Waals surface area contributed by atoms with Crippen LogP contribution in [0.4, 0.5) is 11.4 Å². The van der Waals surface area contributed by atoms with E-state index in [9.17, 15) is 10.1 Å². The molecular weight excluding hydrogens is 384 g/mol. The number of piperidine rings is 1. The molecule has 0 unspecified atom stereocenters. The summed E-state index contributed by atoms with van der Waals surface area (Å²) in [5, 5.41) is 13.8. The van der Waals surface area contributed by atoms with E-state index in [2.05, 4.69) is 53.3 Å². The Labute approximate surface area is 183 Å². The van der Waals surface area contributed by atoms with E-state index in [0.29, 0.717) is 11.5 Å². The molecule has 158 valence electrons. The van der Waals surface area contributed by atoms with Gasteiger partial charge < -0.3 is 10.2 Å². The predicted octanol–water partition coefficient (Wildman–Crippen LogP) is 5.39. The van der Waals surface area contributed by atoms with Gasteiger partial charge in [0, 0.05) is 36.3 Å². The van der Waals surface area contributed by atoms with Gasteiger partial charge in [-0.15, -0.1) is 0 Å². The molecular formula is C26H28N4O. The summed E-state index contributed by atoms with van der Waals surface area (Å²) in [6.45, 7) is 7.83. The molecule has 0 bridgehead atoms. The molecule has 1 amide bonds. The Hall–Kier alpha value is -3.39. The minimum Gasteiger partial charge on any atom is -0.370 e. The second kappa shape index (κ2) is 8.77. The smallest absolute Gasteiger partial charge is 0.227 e. The molecule has 1 aliphatic rings. The molecule has 1 fully saturated rings.